The summed E-state index contributed by atoms with van der Waals surface area (Å²) in [4.78, 5) is 29.8. The molecular weight excluding hydrogens is 421 g/mol. The van der Waals surface area contributed by atoms with Crippen molar-refractivity contribution in [2.75, 3.05) is 7.05 Å². The SMILES string of the molecule is CN(Cc1ccccc1)S(=O)(=O)c1cc(F)ccc1CN1C(=O)c2cccnc2C1=O. The predicted molar refractivity (Wildman–Crippen MR) is 110 cm³/mol. The summed E-state index contributed by atoms with van der Waals surface area (Å²) in [7, 11) is -2.71. The van der Waals surface area contributed by atoms with Gasteiger partial charge in [0.2, 0.25) is 10.0 Å². The monoisotopic (exact) mass is 439 g/mol. The minimum atomic E-state index is -4.11. The topological polar surface area (TPSA) is 87.7 Å². The van der Waals surface area contributed by atoms with Gasteiger partial charge in [0.05, 0.1) is 17.0 Å². The van der Waals surface area contributed by atoms with Gasteiger partial charge in [0.15, 0.2) is 0 Å². The Bertz CT molecular complexity index is 1240. The third-order valence-corrected chi connectivity index (χ3v) is 6.91. The fraction of sp³-hybridized carbons (Fsp3) is 0.136. The third kappa shape index (κ3) is 3.85. The van der Waals surface area contributed by atoms with Crippen LogP contribution in [0.4, 0.5) is 4.39 Å². The number of rotatable bonds is 6. The van der Waals surface area contributed by atoms with E-state index in [1.54, 1.807) is 30.3 Å². The maximum absolute atomic E-state index is 14.0. The Hall–Kier alpha value is -3.43. The Balaban J connectivity index is 1.67. The number of aromatic nitrogens is 1. The van der Waals surface area contributed by atoms with E-state index in [1.807, 2.05) is 6.07 Å². The van der Waals surface area contributed by atoms with Crippen LogP contribution in [0.3, 0.4) is 0 Å². The third-order valence-electron chi connectivity index (χ3n) is 5.02. The molecule has 1 aliphatic heterocycles. The van der Waals surface area contributed by atoms with Crippen molar-refractivity contribution >= 4 is 21.8 Å². The Labute approximate surface area is 178 Å². The van der Waals surface area contributed by atoms with Crippen LogP contribution in [0.2, 0.25) is 0 Å². The number of carbonyl (C=O) groups excluding carboxylic acids is 2. The van der Waals surface area contributed by atoms with E-state index in [0.29, 0.717) is 0 Å². The maximum Gasteiger partial charge on any atom is 0.280 e. The molecule has 158 valence electrons. The Morgan fingerprint density at radius 2 is 1.74 bits per heavy atom. The predicted octanol–water partition coefficient (Wildman–Crippen LogP) is 2.84. The van der Waals surface area contributed by atoms with Gasteiger partial charge in [-0.3, -0.25) is 19.5 Å². The molecule has 4 rings (SSSR count). The molecule has 0 bridgehead atoms. The second kappa shape index (κ2) is 8.01. The highest BCUT2D eigenvalue weighted by molar-refractivity contribution is 7.89. The number of sulfonamides is 1. The first-order valence-corrected chi connectivity index (χ1v) is 10.8. The molecule has 2 aromatic carbocycles. The number of hydrogen-bond acceptors (Lipinski definition) is 5. The van der Waals surface area contributed by atoms with Gasteiger partial charge >= 0.3 is 0 Å². The molecule has 1 aliphatic rings. The van der Waals surface area contributed by atoms with Gasteiger partial charge < -0.3 is 0 Å². The quantitative estimate of drug-likeness (QED) is 0.551. The lowest BCUT2D eigenvalue weighted by molar-refractivity contribution is 0.0639. The number of carbonyl (C=O) groups is 2. The van der Waals surface area contributed by atoms with E-state index >= 15 is 0 Å². The maximum atomic E-state index is 14.0. The number of fused-ring (bicyclic) bond motifs is 1. The standard InChI is InChI=1S/C22H18FN3O4S/c1-25(13-15-6-3-2-4-7-15)31(29,30)19-12-17(23)10-9-16(19)14-26-21(27)18-8-5-11-24-20(18)22(26)28/h2-12H,13-14H2,1H3. The average molecular weight is 439 g/mol. The van der Waals surface area contributed by atoms with Crippen LogP contribution in [-0.4, -0.2) is 41.5 Å². The van der Waals surface area contributed by atoms with E-state index in [1.165, 1.54) is 25.4 Å². The number of imide groups is 1. The van der Waals surface area contributed by atoms with Crippen molar-refractivity contribution in [2.24, 2.45) is 0 Å². The van der Waals surface area contributed by atoms with E-state index in [0.717, 1.165) is 26.9 Å². The van der Waals surface area contributed by atoms with Crippen molar-refractivity contribution in [3.05, 3.63) is 95.1 Å². The van der Waals surface area contributed by atoms with Crippen LogP contribution in [0.15, 0.2) is 71.8 Å². The van der Waals surface area contributed by atoms with Crippen molar-refractivity contribution < 1.29 is 22.4 Å². The first kappa shape index (κ1) is 20.8. The number of nitrogens with zero attached hydrogens (tertiary/aromatic N) is 3. The summed E-state index contributed by atoms with van der Waals surface area (Å²) in [6, 6.07) is 15.3. The molecule has 1 aromatic heterocycles. The van der Waals surface area contributed by atoms with Crippen LogP contribution in [-0.2, 0) is 23.1 Å². The molecule has 0 radical (unpaired) electrons. The first-order chi connectivity index (χ1) is 14.8. The second-order valence-electron chi connectivity index (χ2n) is 7.09. The number of benzene rings is 2. The van der Waals surface area contributed by atoms with Gasteiger partial charge in [-0.2, -0.15) is 4.31 Å². The minimum absolute atomic E-state index is 0.0141. The van der Waals surface area contributed by atoms with Gasteiger partial charge in [-0.15, -0.1) is 0 Å². The second-order valence-corrected chi connectivity index (χ2v) is 9.11. The molecule has 0 N–H and O–H groups in total. The van der Waals surface area contributed by atoms with Gasteiger partial charge in [-0.25, -0.2) is 12.8 Å². The molecular formula is C22H18FN3O4S. The normalized spacial score (nSPS) is 13.7. The van der Waals surface area contributed by atoms with Crippen LogP contribution in [0.25, 0.3) is 0 Å². The van der Waals surface area contributed by atoms with Crippen LogP contribution in [0, 0.1) is 5.82 Å². The van der Waals surface area contributed by atoms with E-state index < -0.39 is 27.7 Å². The van der Waals surface area contributed by atoms with E-state index in [-0.39, 0.29) is 34.8 Å². The highest BCUT2D eigenvalue weighted by Gasteiger charge is 2.37. The summed E-state index contributed by atoms with van der Waals surface area (Å²) in [6.07, 6.45) is 1.40. The Morgan fingerprint density at radius 1 is 1.00 bits per heavy atom. The summed E-state index contributed by atoms with van der Waals surface area (Å²) in [5.41, 5.74) is 1.06. The highest BCUT2D eigenvalue weighted by Crippen LogP contribution is 2.27. The molecule has 0 unspecified atom stereocenters. The summed E-state index contributed by atoms with van der Waals surface area (Å²) >= 11 is 0. The Morgan fingerprint density at radius 3 is 2.45 bits per heavy atom. The molecule has 3 aromatic rings. The molecule has 0 saturated carbocycles. The smallest absolute Gasteiger partial charge is 0.268 e. The molecule has 9 heteroatoms. The molecule has 7 nitrogen and oxygen atoms in total. The van der Waals surface area contributed by atoms with Gasteiger partial charge in [0.1, 0.15) is 11.5 Å². The van der Waals surface area contributed by atoms with Gasteiger partial charge in [0, 0.05) is 19.8 Å². The van der Waals surface area contributed by atoms with Gasteiger partial charge in [0.25, 0.3) is 11.8 Å². The molecule has 0 aliphatic carbocycles. The fourth-order valence-electron chi connectivity index (χ4n) is 3.42. The molecule has 2 heterocycles. The van der Waals surface area contributed by atoms with Crippen LogP contribution in [0.5, 0.6) is 0 Å². The van der Waals surface area contributed by atoms with Crippen molar-refractivity contribution in [3.63, 3.8) is 0 Å². The zero-order valence-corrected chi connectivity index (χ0v) is 17.3. The lowest BCUT2D eigenvalue weighted by Crippen LogP contribution is -2.32. The van der Waals surface area contributed by atoms with E-state index in [4.69, 9.17) is 0 Å². The minimum Gasteiger partial charge on any atom is -0.268 e. The summed E-state index contributed by atoms with van der Waals surface area (Å²) in [5.74, 6) is -1.93. The average Bonchev–Trinajstić information content (AvgIpc) is 3.00. The zero-order chi connectivity index (χ0) is 22.2. The van der Waals surface area contributed by atoms with E-state index in [2.05, 4.69) is 4.98 Å². The zero-order valence-electron chi connectivity index (χ0n) is 16.5. The van der Waals surface area contributed by atoms with Crippen molar-refractivity contribution in [1.29, 1.82) is 0 Å². The van der Waals surface area contributed by atoms with Crippen LogP contribution < -0.4 is 0 Å². The van der Waals surface area contributed by atoms with Crippen molar-refractivity contribution in [2.45, 2.75) is 18.0 Å². The number of pyridine rings is 1. The fourth-order valence-corrected chi connectivity index (χ4v) is 4.80. The lowest BCUT2D eigenvalue weighted by atomic mass is 10.2. The molecule has 0 spiro atoms. The van der Waals surface area contributed by atoms with Gasteiger partial charge in [-0.1, -0.05) is 36.4 Å². The summed E-state index contributed by atoms with van der Waals surface area (Å²) in [6.45, 7) is -0.238. The van der Waals surface area contributed by atoms with Crippen LogP contribution >= 0.6 is 0 Å². The first-order valence-electron chi connectivity index (χ1n) is 9.39. The lowest BCUT2D eigenvalue weighted by Gasteiger charge is -2.21. The van der Waals surface area contributed by atoms with Gasteiger partial charge in [-0.05, 0) is 35.4 Å². The van der Waals surface area contributed by atoms with Crippen molar-refractivity contribution in [1.82, 2.24) is 14.2 Å². The summed E-state index contributed by atoms with van der Waals surface area (Å²) in [5, 5.41) is 0. The largest absolute Gasteiger partial charge is 0.280 e. The number of amides is 2. The van der Waals surface area contributed by atoms with Crippen LogP contribution in [0.1, 0.15) is 32.0 Å². The highest BCUT2D eigenvalue weighted by atomic mass is 32.2. The molecule has 0 saturated heterocycles. The van der Waals surface area contributed by atoms with E-state index in [9.17, 15) is 22.4 Å². The summed E-state index contributed by atoms with van der Waals surface area (Å²) < 4.78 is 41.6. The number of halogens is 1. The number of hydrogen-bond donors (Lipinski definition) is 0. The molecule has 0 atom stereocenters. The molecule has 2 amide bonds. The molecule has 0 fully saturated rings. The van der Waals surface area contributed by atoms with Crippen molar-refractivity contribution in [3.8, 4) is 0 Å². The molecule has 31 heavy (non-hydrogen) atoms. The Kier molecular flexibility index (Phi) is 5.38.